The summed E-state index contributed by atoms with van der Waals surface area (Å²) in [4.78, 5) is 11.0. The number of hydrogen-bond acceptors (Lipinski definition) is 3. The van der Waals surface area contributed by atoms with Crippen molar-refractivity contribution < 1.29 is 14.6 Å². The van der Waals surface area contributed by atoms with Gasteiger partial charge in [0, 0.05) is 5.57 Å². The van der Waals surface area contributed by atoms with Crippen molar-refractivity contribution in [1.29, 1.82) is 0 Å². The van der Waals surface area contributed by atoms with Gasteiger partial charge in [-0.25, -0.2) is 4.79 Å². The zero-order valence-corrected chi connectivity index (χ0v) is 9.61. The van der Waals surface area contributed by atoms with E-state index in [1.54, 1.807) is 24.0 Å². The maximum absolute atomic E-state index is 11.0. The SMILES string of the molecule is CC1=C[C@H]([C@H](O)/C(C)=C/I)OC1=O. The van der Waals surface area contributed by atoms with Crippen molar-refractivity contribution in [2.24, 2.45) is 0 Å². The third kappa shape index (κ3) is 2.31. The van der Waals surface area contributed by atoms with E-state index in [0.29, 0.717) is 5.57 Å². The molecular formula is C9H11IO3. The van der Waals surface area contributed by atoms with Gasteiger partial charge in [-0.2, -0.15) is 0 Å². The van der Waals surface area contributed by atoms with Crippen LogP contribution in [0.15, 0.2) is 21.3 Å². The molecule has 0 fully saturated rings. The smallest absolute Gasteiger partial charge is 0.334 e. The minimum atomic E-state index is -0.724. The predicted molar refractivity (Wildman–Crippen MR) is 57.4 cm³/mol. The molecule has 1 N–H and O–H groups in total. The highest BCUT2D eigenvalue weighted by molar-refractivity contribution is 14.1. The second-order valence-corrected chi connectivity index (χ2v) is 3.64. The van der Waals surface area contributed by atoms with E-state index in [-0.39, 0.29) is 5.97 Å². The van der Waals surface area contributed by atoms with Crippen molar-refractivity contribution in [3.8, 4) is 0 Å². The summed E-state index contributed by atoms with van der Waals surface area (Å²) in [7, 11) is 0. The van der Waals surface area contributed by atoms with Crippen LogP contribution in [0.4, 0.5) is 0 Å². The zero-order chi connectivity index (χ0) is 10.0. The van der Waals surface area contributed by atoms with Crippen LogP contribution in [-0.4, -0.2) is 23.3 Å². The molecular weight excluding hydrogens is 283 g/mol. The van der Waals surface area contributed by atoms with E-state index in [0.717, 1.165) is 5.57 Å². The van der Waals surface area contributed by atoms with E-state index in [1.807, 2.05) is 22.6 Å². The van der Waals surface area contributed by atoms with Crippen molar-refractivity contribution in [3.63, 3.8) is 0 Å². The molecule has 4 heteroatoms. The summed E-state index contributed by atoms with van der Waals surface area (Å²) in [5.74, 6) is -0.342. The van der Waals surface area contributed by atoms with Gasteiger partial charge in [0.2, 0.25) is 0 Å². The number of rotatable bonds is 2. The van der Waals surface area contributed by atoms with Gasteiger partial charge in [0.25, 0.3) is 0 Å². The molecule has 1 heterocycles. The van der Waals surface area contributed by atoms with Crippen LogP contribution in [0.5, 0.6) is 0 Å². The van der Waals surface area contributed by atoms with E-state index in [1.165, 1.54) is 0 Å². The number of cyclic esters (lactones) is 1. The number of esters is 1. The van der Waals surface area contributed by atoms with Gasteiger partial charge in [0.1, 0.15) is 6.10 Å². The van der Waals surface area contributed by atoms with Crippen molar-refractivity contribution in [1.82, 2.24) is 0 Å². The average Bonchev–Trinajstić information content (AvgIpc) is 2.44. The number of hydrogen-bond donors (Lipinski definition) is 1. The number of carbonyl (C=O) groups excluding carboxylic acids is 1. The normalized spacial score (nSPS) is 25.5. The summed E-state index contributed by atoms with van der Waals surface area (Å²) in [6, 6.07) is 0. The first-order valence-corrected chi connectivity index (χ1v) is 5.15. The van der Waals surface area contributed by atoms with E-state index < -0.39 is 12.2 Å². The van der Waals surface area contributed by atoms with E-state index >= 15 is 0 Å². The molecule has 0 bridgehead atoms. The highest BCUT2D eigenvalue weighted by Crippen LogP contribution is 2.20. The summed E-state index contributed by atoms with van der Waals surface area (Å²) < 4.78 is 6.71. The molecule has 0 aromatic heterocycles. The molecule has 1 aliphatic heterocycles. The topological polar surface area (TPSA) is 46.5 Å². The number of halogens is 1. The van der Waals surface area contributed by atoms with Crippen LogP contribution < -0.4 is 0 Å². The molecule has 0 radical (unpaired) electrons. The van der Waals surface area contributed by atoms with E-state index in [2.05, 4.69) is 0 Å². The van der Waals surface area contributed by atoms with Crippen LogP contribution in [-0.2, 0) is 9.53 Å². The fourth-order valence-electron chi connectivity index (χ4n) is 1.04. The Balaban J connectivity index is 2.72. The lowest BCUT2D eigenvalue weighted by Crippen LogP contribution is -2.26. The van der Waals surface area contributed by atoms with E-state index in [4.69, 9.17) is 4.74 Å². The van der Waals surface area contributed by atoms with Gasteiger partial charge in [-0.1, -0.05) is 22.6 Å². The summed E-state index contributed by atoms with van der Waals surface area (Å²) in [5.41, 5.74) is 1.36. The minimum Gasteiger partial charge on any atom is -0.452 e. The highest BCUT2D eigenvalue weighted by atomic mass is 127. The maximum Gasteiger partial charge on any atom is 0.334 e. The van der Waals surface area contributed by atoms with Crippen LogP contribution in [0.3, 0.4) is 0 Å². The summed E-state index contributed by atoms with van der Waals surface area (Å²) in [5, 5.41) is 9.66. The van der Waals surface area contributed by atoms with Gasteiger partial charge in [0.05, 0.1) is 0 Å². The molecule has 1 aliphatic rings. The lowest BCUT2D eigenvalue weighted by molar-refractivity contribution is -0.142. The fraction of sp³-hybridized carbons (Fsp3) is 0.444. The first-order valence-electron chi connectivity index (χ1n) is 3.90. The van der Waals surface area contributed by atoms with Crippen molar-refractivity contribution in [3.05, 3.63) is 21.3 Å². The molecule has 0 saturated carbocycles. The molecule has 1 rings (SSSR count). The molecule has 0 amide bonds. The number of carbonyl (C=O) groups is 1. The Kier molecular flexibility index (Phi) is 3.49. The Morgan fingerprint density at radius 1 is 1.85 bits per heavy atom. The molecule has 0 spiro atoms. The van der Waals surface area contributed by atoms with Gasteiger partial charge in [-0.15, -0.1) is 0 Å². The lowest BCUT2D eigenvalue weighted by atomic mass is 10.1. The molecule has 3 nitrogen and oxygen atoms in total. The number of aliphatic hydroxyl groups is 1. The van der Waals surface area contributed by atoms with E-state index in [9.17, 15) is 9.90 Å². The van der Waals surface area contributed by atoms with Gasteiger partial charge in [0.15, 0.2) is 6.10 Å². The number of ether oxygens (including phenoxy) is 1. The largest absolute Gasteiger partial charge is 0.452 e. The van der Waals surface area contributed by atoms with Crippen LogP contribution in [0.25, 0.3) is 0 Å². The summed E-state index contributed by atoms with van der Waals surface area (Å²) in [6.07, 6.45) is 0.410. The van der Waals surface area contributed by atoms with Crippen LogP contribution >= 0.6 is 22.6 Å². The van der Waals surface area contributed by atoms with Crippen molar-refractivity contribution >= 4 is 28.6 Å². The molecule has 2 atom stereocenters. The first kappa shape index (κ1) is 10.7. The van der Waals surface area contributed by atoms with Crippen molar-refractivity contribution in [2.75, 3.05) is 0 Å². The zero-order valence-electron chi connectivity index (χ0n) is 7.45. The molecule has 72 valence electrons. The molecule has 0 aromatic carbocycles. The quantitative estimate of drug-likeness (QED) is 0.621. The first-order chi connectivity index (χ1) is 6.06. The fourth-order valence-corrected chi connectivity index (χ4v) is 1.41. The molecule has 0 unspecified atom stereocenters. The molecule has 13 heavy (non-hydrogen) atoms. The molecule has 0 aromatic rings. The Morgan fingerprint density at radius 2 is 2.46 bits per heavy atom. The standard InChI is InChI=1S/C9H11IO3/c1-5-3-7(13-9(5)12)8(11)6(2)4-10/h3-4,7-8,11H,1-2H3/b6-4+/t7-,8-/m1/s1. The lowest BCUT2D eigenvalue weighted by Gasteiger charge is -2.15. The maximum atomic E-state index is 11.0. The Hall–Kier alpha value is -0.360. The second-order valence-electron chi connectivity index (χ2n) is 3.02. The van der Waals surface area contributed by atoms with Crippen LogP contribution in [0.2, 0.25) is 0 Å². The molecule has 0 aliphatic carbocycles. The molecule has 0 saturated heterocycles. The second kappa shape index (κ2) is 4.23. The number of aliphatic hydroxyl groups excluding tert-OH is 1. The average molecular weight is 294 g/mol. The van der Waals surface area contributed by atoms with Crippen LogP contribution in [0, 0.1) is 0 Å². The van der Waals surface area contributed by atoms with Gasteiger partial charge < -0.3 is 9.84 Å². The van der Waals surface area contributed by atoms with Crippen LogP contribution in [0.1, 0.15) is 13.8 Å². The third-order valence-electron chi connectivity index (χ3n) is 1.93. The third-order valence-corrected chi connectivity index (χ3v) is 2.91. The Labute approximate surface area is 90.6 Å². The van der Waals surface area contributed by atoms with Gasteiger partial charge in [-0.05, 0) is 29.6 Å². The highest BCUT2D eigenvalue weighted by Gasteiger charge is 2.29. The predicted octanol–water partition coefficient (Wildman–Crippen LogP) is 1.56. The monoisotopic (exact) mass is 294 g/mol. The van der Waals surface area contributed by atoms with Gasteiger partial charge >= 0.3 is 5.97 Å². The Bertz CT molecular complexity index is 281. The summed E-state index contributed by atoms with van der Waals surface area (Å²) >= 11 is 2.04. The van der Waals surface area contributed by atoms with Gasteiger partial charge in [-0.3, -0.25) is 0 Å². The Morgan fingerprint density at radius 3 is 2.85 bits per heavy atom. The summed E-state index contributed by atoms with van der Waals surface area (Å²) in [6.45, 7) is 3.48. The van der Waals surface area contributed by atoms with Crippen molar-refractivity contribution in [2.45, 2.75) is 26.1 Å². The minimum absolute atomic E-state index is 0.342.